The molecule has 1 aliphatic rings. The highest BCUT2D eigenvalue weighted by atomic mass is 16.5. The molecule has 0 heterocycles. The summed E-state index contributed by atoms with van der Waals surface area (Å²) >= 11 is 0. The first-order chi connectivity index (χ1) is 10.1. The summed E-state index contributed by atoms with van der Waals surface area (Å²) in [6.07, 6.45) is 5.27. The van der Waals surface area contributed by atoms with Crippen LogP contribution in [0, 0.1) is 5.92 Å². The molecule has 0 saturated heterocycles. The largest absolute Gasteiger partial charge is 0.497 e. The molecular formula is C17H26N2O2. The lowest BCUT2D eigenvalue weighted by Crippen LogP contribution is -2.42. The Balaban J connectivity index is 2.00. The van der Waals surface area contributed by atoms with Crippen molar-refractivity contribution >= 4 is 5.91 Å². The molecule has 1 aromatic carbocycles. The number of nitrogens with two attached hydrogens (primary N) is 1. The number of carbonyl (C=O) groups excluding carboxylic acids is 1. The molecule has 1 aromatic rings. The fraction of sp³-hybridized carbons (Fsp3) is 0.588. The van der Waals surface area contributed by atoms with Crippen LogP contribution in [0.15, 0.2) is 24.3 Å². The van der Waals surface area contributed by atoms with E-state index in [-0.39, 0.29) is 23.9 Å². The lowest BCUT2D eigenvalue weighted by Gasteiger charge is -2.23. The van der Waals surface area contributed by atoms with Gasteiger partial charge in [-0.15, -0.1) is 0 Å². The second kappa shape index (κ2) is 7.46. The number of rotatable bonds is 4. The Bertz CT molecular complexity index is 476. The third kappa shape index (κ3) is 4.21. The first-order valence-electron chi connectivity index (χ1n) is 7.81. The zero-order valence-corrected chi connectivity index (χ0v) is 13.0. The Kier molecular flexibility index (Phi) is 5.62. The Hall–Kier alpha value is -1.55. The van der Waals surface area contributed by atoms with Gasteiger partial charge in [0, 0.05) is 6.04 Å². The van der Waals surface area contributed by atoms with E-state index in [0.717, 1.165) is 37.0 Å². The van der Waals surface area contributed by atoms with Gasteiger partial charge < -0.3 is 15.8 Å². The number of methoxy groups -OCH3 is 1. The van der Waals surface area contributed by atoms with Gasteiger partial charge in [-0.3, -0.25) is 4.79 Å². The highest BCUT2D eigenvalue weighted by Crippen LogP contribution is 2.24. The van der Waals surface area contributed by atoms with E-state index in [9.17, 15) is 4.79 Å². The van der Waals surface area contributed by atoms with Crippen molar-refractivity contribution in [2.45, 2.75) is 51.1 Å². The average Bonchev–Trinajstić information content (AvgIpc) is 2.71. The van der Waals surface area contributed by atoms with Crippen molar-refractivity contribution in [3.05, 3.63) is 29.8 Å². The van der Waals surface area contributed by atoms with Crippen molar-refractivity contribution < 1.29 is 9.53 Å². The highest BCUT2D eigenvalue weighted by molar-refractivity contribution is 5.79. The number of benzene rings is 1. The van der Waals surface area contributed by atoms with Crippen LogP contribution in [0.2, 0.25) is 0 Å². The normalized spacial score (nSPS) is 24.0. The fourth-order valence-electron chi connectivity index (χ4n) is 2.98. The molecule has 0 aliphatic heterocycles. The first-order valence-corrected chi connectivity index (χ1v) is 7.81. The zero-order chi connectivity index (χ0) is 15.2. The van der Waals surface area contributed by atoms with Crippen molar-refractivity contribution in [3.8, 4) is 5.75 Å². The number of ether oxygens (including phenoxy) is 1. The average molecular weight is 290 g/mol. The third-order valence-electron chi connectivity index (χ3n) is 4.36. The molecule has 116 valence electrons. The summed E-state index contributed by atoms with van der Waals surface area (Å²) in [7, 11) is 1.65. The van der Waals surface area contributed by atoms with Crippen LogP contribution in [-0.4, -0.2) is 19.1 Å². The first kappa shape index (κ1) is 15.8. The molecule has 3 atom stereocenters. The fourth-order valence-corrected chi connectivity index (χ4v) is 2.98. The van der Waals surface area contributed by atoms with Crippen LogP contribution in [-0.2, 0) is 4.79 Å². The molecular weight excluding hydrogens is 264 g/mol. The van der Waals surface area contributed by atoms with E-state index in [2.05, 4.69) is 5.32 Å². The minimum absolute atomic E-state index is 0.00925. The van der Waals surface area contributed by atoms with Crippen molar-refractivity contribution in [2.75, 3.05) is 7.11 Å². The van der Waals surface area contributed by atoms with E-state index in [1.54, 1.807) is 7.11 Å². The third-order valence-corrected chi connectivity index (χ3v) is 4.36. The van der Waals surface area contributed by atoms with Gasteiger partial charge in [0.25, 0.3) is 0 Å². The van der Waals surface area contributed by atoms with Crippen LogP contribution < -0.4 is 15.8 Å². The molecule has 0 bridgehead atoms. The minimum atomic E-state index is -0.0550. The maximum absolute atomic E-state index is 12.5. The quantitative estimate of drug-likeness (QED) is 0.838. The SMILES string of the molecule is COc1cccc(C(C)NC(=O)C2CCCCCC2N)c1. The minimum Gasteiger partial charge on any atom is -0.497 e. The lowest BCUT2D eigenvalue weighted by molar-refractivity contribution is -0.126. The maximum Gasteiger partial charge on any atom is 0.225 e. The zero-order valence-electron chi connectivity index (χ0n) is 13.0. The monoisotopic (exact) mass is 290 g/mol. The van der Waals surface area contributed by atoms with E-state index < -0.39 is 0 Å². The van der Waals surface area contributed by atoms with Crippen molar-refractivity contribution in [1.29, 1.82) is 0 Å². The molecule has 2 rings (SSSR count). The van der Waals surface area contributed by atoms with Crippen molar-refractivity contribution in [3.63, 3.8) is 0 Å². The molecule has 3 N–H and O–H groups in total. The van der Waals surface area contributed by atoms with E-state index in [1.807, 2.05) is 31.2 Å². The number of hydrogen-bond acceptors (Lipinski definition) is 3. The topological polar surface area (TPSA) is 64.3 Å². The van der Waals surface area contributed by atoms with E-state index in [0.29, 0.717) is 0 Å². The van der Waals surface area contributed by atoms with Gasteiger partial charge in [0.05, 0.1) is 19.1 Å². The molecule has 21 heavy (non-hydrogen) atoms. The van der Waals surface area contributed by atoms with Gasteiger partial charge >= 0.3 is 0 Å². The predicted molar refractivity (Wildman–Crippen MR) is 84.1 cm³/mol. The smallest absolute Gasteiger partial charge is 0.225 e. The summed E-state index contributed by atoms with van der Waals surface area (Å²) in [5.41, 5.74) is 7.21. The Labute approximate surface area is 127 Å². The van der Waals surface area contributed by atoms with Gasteiger partial charge in [-0.2, -0.15) is 0 Å². The second-order valence-electron chi connectivity index (χ2n) is 5.92. The summed E-state index contributed by atoms with van der Waals surface area (Å²) in [6, 6.07) is 7.75. The predicted octanol–water partition coefficient (Wildman–Crippen LogP) is 2.78. The van der Waals surface area contributed by atoms with Gasteiger partial charge in [0.1, 0.15) is 5.75 Å². The van der Waals surface area contributed by atoms with E-state index >= 15 is 0 Å². The van der Waals surface area contributed by atoms with Crippen LogP contribution >= 0.6 is 0 Å². The van der Waals surface area contributed by atoms with E-state index in [1.165, 1.54) is 6.42 Å². The molecule has 1 saturated carbocycles. The van der Waals surface area contributed by atoms with Crippen LogP contribution in [0.5, 0.6) is 5.75 Å². The summed E-state index contributed by atoms with van der Waals surface area (Å²) in [5, 5.41) is 3.10. The molecule has 0 spiro atoms. The molecule has 4 nitrogen and oxygen atoms in total. The molecule has 0 aromatic heterocycles. The van der Waals surface area contributed by atoms with Crippen LogP contribution in [0.25, 0.3) is 0 Å². The van der Waals surface area contributed by atoms with Crippen molar-refractivity contribution in [2.24, 2.45) is 11.7 Å². The van der Waals surface area contributed by atoms with Gasteiger partial charge in [0.15, 0.2) is 0 Å². The second-order valence-corrected chi connectivity index (χ2v) is 5.92. The van der Waals surface area contributed by atoms with Crippen LogP contribution in [0.1, 0.15) is 50.6 Å². The summed E-state index contributed by atoms with van der Waals surface area (Å²) < 4.78 is 5.23. The lowest BCUT2D eigenvalue weighted by atomic mass is 9.94. The molecule has 0 radical (unpaired) electrons. The summed E-state index contributed by atoms with van der Waals surface area (Å²) in [6.45, 7) is 1.99. The number of nitrogens with one attached hydrogen (secondary N) is 1. The van der Waals surface area contributed by atoms with Crippen molar-refractivity contribution in [1.82, 2.24) is 5.32 Å². The number of amides is 1. The molecule has 1 fully saturated rings. The van der Waals surface area contributed by atoms with Gasteiger partial charge in [-0.25, -0.2) is 0 Å². The molecule has 4 heteroatoms. The van der Waals surface area contributed by atoms with E-state index in [4.69, 9.17) is 10.5 Å². The number of hydrogen-bond donors (Lipinski definition) is 2. The molecule has 3 unspecified atom stereocenters. The van der Waals surface area contributed by atoms with Crippen LogP contribution in [0.4, 0.5) is 0 Å². The maximum atomic E-state index is 12.5. The Morgan fingerprint density at radius 3 is 2.86 bits per heavy atom. The number of carbonyl (C=O) groups is 1. The van der Waals surface area contributed by atoms with Gasteiger partial charge in [0.2, 0.25) is 5.91 Å². The Morgan fingerprint density at radius 2 is 2.10 bits per heavy atom. The van der Waals surface area contributed by atoms with Gasteiger partial charge in [-0.05, 0) is 37.5 Å². The standard InChI is InChI=1S/C17H26N2O2/c1-12(13-7-6-8-14(11-13)21-2)19-17(20)15-9-4-3-5-10-16(15)18/h6-8,11-12,15-16H,3-5,9-10,18H2,1-2H3,(H,19,20). The summed E-state index contributed by atoms with van der Waals surface area (Å²) in [5.74, 6) is 0.833. The van der Waals surface area contributed by atoms with Crippen LogP contribution in [0.3, 0.4) is 0 Å². The molecule has 1 aliphatic carbocycles. The molecule has 1 amide bonds. The Morgan fingerprint density at radius 1 is 1.33 bits per heavy atom. The highest BCUT2D eigenvalue weighted by Gasteiger charge is 2.27. The van der Waals surface area contributed by atoms with Gasteiger partial charge in [-0.1, -0.05) is 31.4 Å². The summed E-state index contributed by atoms with van der Waals surface area (Å²) in [4.78, 5) is 12.5.